The summed E-state index contributed by atoms with van der Waals surface area (Å²) in [6.45, 7) is 1.66. The van der Waals surface area contributed by atoms with Crippen LogP contribution in [0.3, 0.4) is 0 Å². The third-order valence-electron chi connectivity index (χ3n) is 5.66. The zero-order valence-corrected chi connectivity index (χ0v) is 15.7. The largest absolute Gasteiger partial charge is 0.487 e. The molecule has 144 valence electrons. The summed E-state index contributed by atoms with van der Waals surface area (Å²) >= 11 is 0. The number of hydrogen-bond donors (Lipinski definition) is 1. The van der Waals surface area contributed by atoms with Gasteiger partial charge in [0.25, 0.3) is 0 Å². The Labute approximate surface area is 162 Å². The number of carbonyl (C=O) groups is 1. The molecular formula is C21H22N4O3. The van der Waals surface area contributed by atoms with Crippen molar-refractivity contribution in [3.63, 3.8) is 0 Å². The van der Waals surface area contributed by atoms with Crippen LogP contribution in [0.5, 0.6) is 5.75 Å². The molecule has 3 heterocycles. The number of aromatic nitrogens is 3. The molecule has 0 radical (unpaired) electrons. The van der Waals surface area contributed by atoms with Crippen LogP contribution in [-0.4, -0.2) is 57.0 Å². The van der Waals surface area contributed by atoms with Crippen LogP contribution in [0.25, 0.3) is 16.7 Å². The Morgan fingerprint density at radius 1 is 1.21 bits per heavy atom. The van der Waals surface area contributed by atoms with Crippen molar-refractivity contribution in [3.05, 3.63) is 47.8 Å². The first-order valence-corrected chi connectivity index (χ1v) is 9.67. The molecular weight excluding hydrogens is 356 g/mol. The first-order chi connectivity index (χ1) is 13.6. The predicted molar refractivity (Wildman–Crippen MR) is 104 cm³/mol. The predicted octanol–water partition coefficient (Wildman–Crippen LogP) is 3.08. The maximum Gasteiger partial charge on any atom is 0.354 e. The van der Waals surface area contributed by atoms with Gasteiger partial charge in [0.15, 0.2) is 11.3 Å². The fraction of sp³-hybridized carbons (Fsp3) is 0.381. The van der Waals surface area contributed by atoms with Crippen LogP contribution < -0.4 is 4.74 Å². The van der Waals surface area contributed by atoms with E-state index < -0.39 is 5.97 Å². The Balaban J connectivity index is 1.72. The maximum absolute atomic E-state index is 11.7. The molecule has 2 aromatic heterocycles. The summed E-state index contributed by atoms with van der Waals surface area (Å²) in [5.74, 6) is -0.107. The van der Waals surface area contributed by atoms with Gasteiger partial charge in [0.05, 0.1) is 16.8 Å². The van der Waals surface area contributed by atoms with Crippen LogP contribution >= 0.6 is 0 Å². The van der Waals surface area contributed by atoms with Crippen molar-refractivity contribution in [3.8, 4) is 11.4 Å². The van der Waals surface area contributed by atoms with Crippen LogP contribution in [0.15, 0.2) is 36.4 Å². The van der Waals surface area contributed by atoms with E-state index in [0.29, 0.717) is 17.3 Å². The number of ether oxygens (including phenoxy) is 1. The van der Waals surface area contributed by atoms with Crippen molar-refractivity contribution in [2.45, 2.75) is 31.3 Å². The van der Waals surface area contributed by atoms with Crippen molar-refractivity contribution in [2.75, 3.05) is 20.1 Å². The molecule has 1 N–H and O–H groups in total. The molecule has 5 rings (SSSR count). The first-order valence-electron chi connectivity index (χ1n) is 9.67. The fourth-order valence-corrected chi connectivity index (χ4v) is 3.92. The lowest BCUT2D eigenvalue weighted by Crippen LogP contribution is -2.51. The Morgan fingerprint density at radius 3 is 2.57 bits per heavy atom. The smallest absolute Gasteiger partial charge is 0.354 e. The molecule has 1 saturated carbocycles. The molecule has 2 fully saturated rings. The van der Waals surface area contributed by atoms with Crippen LogP contribution in [0, 0.1) is 0 Å². The molecule has 1 saturated heterocycles. The van der Waals surface area contributed by atoms with Gasteiger partial charge in [0.1, 0.15) is 11.9 Å². The summed E-state index contributed by atoms with van der Waals surface area (Å²) < 4.78 is 7.99. The minimum atomic E-state index is -1.07. The highest BCUT2D eigenvalue weighted by atomic mass is 16.5. The molecule has 1 aromatic carbocycles. The minimum Gasteiger partial charge on any atom is -0.487 e. The lowest BCUT2D eigenvalue weighted by Gasteiger charge is -2.36. The van der Waals surface area contributed by atoms with Gasteiger partial charge in [0, 0.05) is 25.1 Å². The van der Waals surface area contributed by atoms with Gasteiger partial charge >= 0.3 is 5.97 Å². The molecule has 0 bridgehead atoms. The highest BCUT2D eigenvalue weighted by Gasteiger charge is 2.32. The average Bonchev–Trinajstić information content (AvgIpc) is 2.99. The van der Waals surface area contributed by atoms with Gasteiger partial charge in [-0.05, 0) is 32.0 Å². The van der Waals surface area contributed by atoms with Crippen LogP contribution in [0.1, 0.15) is 41.4 Å². The van der Waals surface area contributed by atoms with E-state index in [9.17, 15) is 9.90 Å². The van der Waals surface area contributed by atoms with Gasteiger partial charge in [0.2, 0.25) is 0 Å². The summed E-state index contributed by atoms with van der Waals surface area (Å²) in [5, 5.41) is 15.3. The minimum absolute atomic E-state index is 0.0209. The molecule has 0 unspecified atom stereocenters. The second-order valence-electron chi connectivity index (χ2n) is 7.73. The normalized spacial score (nSPS) is 18.0. The number of para-hydroxylation sites is 1. The summed E-state index contributed by atoms with van der Waals surface area (Å²) in [5.41, 5.74) is 2.36. The number of carboxylic acids is 1. The zero-order chi connectivity index (χ0) is 19.3. The lowest BCUT2D eigenvalue weighted by atomic mass is 9.82. The highest BCUT2D eigenvalue weighted by Crippen LogP contribution is 2.42. The number of benzene rings is 1. The molecule has 3 aromatic rings. The maximum atomic E-state index is 11.7. The van der Waals surface area contributed by atoms with Crippen molar-refractivity contribution in [1.29, 1.82) is 0 Å². The number of hydrogen-bond acceptors (Lipinski definition) is 5. The molecule has 7 heteroatoms. The summed E-state index contributed by atoms with van der Waals surface area (Å²) in [6, 6.07) is 11.3. The number of rotatable bonds is 5. The summed E-state index contributed by atoms with van der Waals surface area (Å²) in [6.07, 6.45) is 3.43. The molecule has 7 nitrogen and oxygen atoms in total. The van der Waals surface area contributed by atoms with E-state index in [0.717, 1.165) is 42.7 Å². The number of carboxylic acid groups (broad SMARTS) is 1. The van der Waals surface area contributed by atoms with Gasteiger partial charge in [-0.2, -0.15) is 5.10 Å². The fourth-order valence-electron chi connectivity index (χ4n) is 3.92. The van der Waals surface area contributed by atoms with E-state index >= 15 is 0 Å². The molecule has 1 aliphatic heterocycles. The average molecular weight is 378 g/mol. The van der Waals surface area contributed by atoms with Crippen molar-refractivity contribution < 1.29 is 14.6 Å². The second kappa shape index (κ2) is 6.60. The Bertz CT molecular complexity index is 1040. The number of likely N-dealkylation sites (N-methyl/N-ethyl adjacent to an activating group) is 1. The quantitative estimate of drug-likeness (QED) is 0.735. The third-order valence-corrected chi connectivity index (χ3v) is 5.66. The second-order valence-corrected chi connectivity index (χ2v) is 7.73. The molecule has 2 aliphatic rings. The van der Waals surface area contributed by atoms with Crippen molar-refractivity contribution in [1.82, 2.24) is 19.7 Å². The van der Waals surface area contributed by atoms with Gasteiger partial charge in [-0.3, -0.25) is 4.90 Å². The first kappa shape index (κ1) is 17.2. The molecule has 0 atom stereocenters. The SMILES string of the molecule is CN1CC(Oc2cc(C(=O)O)nc3c2c(C2CCC2)nn3-c2ccccc2)C1. The van der Waals surface area contributed by atoms with Crippen LogP contribution in [0.4, 0.5) is 0 Å². The van der Waals surface area contributed by atoms with Gasteiger partial charge < -0.3 is 9.84 Å². The zero-order valence-electron chi connectivity index (χ0n) is 15.7. The van der Waals surface area contributed by atoms with Crippen LogP contribution in [-0.2, 0) is 0 Å². The number of aromatic carboxylic acids is 1. The lowest BCUT2D eigenvalue weighted by molar-refractivity contribution is 0.0396. The van der Waals surface area contributed by atoms with E-state index in [1.807, 2.05) is 37.4 Å². The Morgan fingerprint density at radius 2 is 1.96 bits per heavy atom. The molecule has 0 amide bonds. The van der Waals surface area contributed by atoms with E-state index in [4.69, 9.17) is 9.84 Å². The van der Waals surface area contributed by atoms with Crippen molar-refractivity contribution >= 4 is 17.0 Å². The standard InChI is InChI=1S/C21H22N4O3/c1-24-11-15(12-24)28-17-10-16(21(26)27)22-20-18(17)19(13-6-5-7-13)23-25(20)14-8-3-2-4-9-14/h2-4,8-10,13,15H,5-7,11-12H2,1H3,(H,26,27). The van der Waals surface area contributed by atoms with Gasteiger partial charge in [-0.1, -0.05) is 24.6 Å². The van der Waals surface area contributed by atoms with Crippen molar-refractivity contribution in [2.24, 2.45) is 0 Å². The summed E-state index contributed by atoms with van der Waals surface area (Å²) in [4.78, 5) is 18.3. The van der Waals surface area contributed by atoms with E-state index in [1.165, 1.54) is 6.42 Å². The number of pyridine rings is 1. The van der Waals surface area contributed by atoms with E-state index in [2.05, 4.69) is 9.88 Å². The summed E-state index contributed by atoms with van der Waals surface area (Å²) in [7, 11) is 2.04. The Hall–Kier alpha value is -2.93. The van der Waals surface area contributed by atoms with Gasteiger partial charge in [-0.25, -0.2) is 14.5 Å². The van der Waals surface area contributed by atoms with Crippen LogP contribution in [0.2, 0.25) is 0 Å². The molecule has 1 aliphatic carbocycles. The topological polar surface area (TPSA) is 80.5 Å². The third kappa shape index (κ3) is 2.82. The van der Waals surface area contributed by atoms with Gasteiger partial charge in [-0.15, -0.1) is 0 Å². The number of fused-ring (bicyclic) bond motifs is 1. The number of likely N-dealkylation sites (tertiary alicyclic amines) is 1. The van der Waals surface area contributed by atoms with E-state index in [1.54, 1.807) is 10.7 Å². The number of nitrogens with zero attached hydrogens (tertiary/aromatic N) is 4. The highest BCUT2D eigenvalue weighted by molar-refractivity contribution is 5.94. The monoisotopic (exact) mass is 378 g/mol. The van der Waals surface area contributed by atoms with E-state index in [-0.39, 0.29) is 11.8 Å². The molecule has 0 spiro atoms. The Kier molecular flexibility index (Phi) is 4.05. The molecule has 28 heavy (non-hydrogen) atoms.